The molecule has 3 aliphatic rings. The van der Waals surface area contributed by atoms with Gasteiger partial charge >= 0.3 is 0 Å². The van der Waals surface area contributed by atoms with Gasteiger partial charge in [0.05, 0.1) is 12.1 Å². The van der Waals surface area contributed by atoms with Crippen LogP contribution in [0.3, 0.4) is 0 Å². The van der Waals surface area contributed by atoms with Crippen molar-refractivity contribution in [2.24, 2.45) is 17.6 Å². The third-order valence-corrected chi connectivity index (χ3v) is 6.71. The summed E-state index contributed by atoms with van der Waals surface area (Å²) in [6.07, 6.45) is 2.61. The number of hydrogen-bond donors (Lipinski definition) is 1. The molecule has 0 radical (unpaired) electrons. The van der Waals surface area contributed by atoms with Gasteiger partial charge in [-0.2, -0.15) is 0 Å². The molecular formula is C19H21N3O3S. The first-order chi connectivity index (χ1) is 12.7. The van der Waals surface area contributed by atoms with Gasteiger partial charge in [-0.25, -0.2) is 4.98 Å². The van der Waals surface area contributed by atoms with E-state index in [2.05, 4.69) is 4.98 Å². The SMILES string of the molecule is NC1CCC2CN(C(=O)Cc3csc(-c4ccc5c(c4)OCO5)n3)CC12. The molecule has 1 aromatic carbocycles. The van der Waals surface area contributed by atoms with Gasteiger partial charge in [-0.05, 0) is 42.9 Å². The summed E-state index contributed by atoms with van der Waals surface area (Å²) in [5, 5.41) is 2.87. The number of ether oxygens (including phenoxy) is 2. The summed E-state index contributed by atoms with van der Waals surface area (Å²) in [6, 6.07) is 6.07. The Kier molecular flexibility index (Phi) is 3.86. The highest BCUT2D eigenvalue weighted by atomic mass is 32.1. The molecule has 7 heteroatoms. The first-order valence-electron chi connectivity index (χ1n) is 9.05. The van der Waals surface area contributed by atoms with Gasteiger partial charge in [-0.1, -0.05) is 0 Å². The van der Waals surface area contributed by atoms with Crippen LogP contribution in [-0.4, -0.2) is 41.7 Å². The number of hydrogen-bond acceptors (Lipinski definition) is 6. The second-order valence-electron chi connectivity index (χ2n) is 7.35. The zero-order valence-electron chi connectivity index (χ0n) is 14.4. The molecule has 2 N–H and O–H groups in total. The van der Waals surface area contributed by atoms with Crippen molar-refractivity contribution in [1.29, 1.82) is 0 Å². The highest BCUT2D eigenvalue weighted by Gasteiger charge is 2.42. The Bertz CT molecular complexity index is 852. The third kappa shape index (κ3) is 2.75. The van der Waals surface area contributed by atoms with Crippen molar-refractivity contribution in [2.45, 2.75) is 25.3 Å². The molecule has 136 valence electrons. The van der Waals surface area contributed by atoms with Crippen LogP contribution in [0.25, 0.3) is 10.6 Å². The van der Waals surface area contributed by atoms with Crippen molar-refractivity contribution in [3.05, 3.63) is 29.3 Å². The highest BCUT2D eigenvalue weighted by Crippen LogP contribution is 2.38. The normalized spacial score (nSPS) is 26.3. The summed E-state index contributed by atoms with van der Waals surface area (Å²) in [5.74, 6) is 2.75. The van der Waals surface area contributed by atoms with Crippen LogP contribution in [0.2, 0.25) is 0 Å². The first-order valence-corrected chi connectivity index (χ1v) is 9.93. The van der Waals surface area contributed by atoms with Gasteiger partial charge in [-0.15, -0.1) is 11.3 Å². The number of amides is 1. The maximum atomic E-state index is 12.7. The van der Waals surface area contributed by atoms with E-state index in [-0.39, 0.29) is 18.7 Å². The summed E-state index contributed by atoms with van der Waals surface area (Å²) in [7, 11) is 0. The number of nitrogens with two attached hydrogens (primary N) is 1. The number of carbonyl (C=O) groups excluding carboxylic acids is 1. The van der Waals surface area contributed by atoms with E-state index in [1.807, 2.05) is 28.5 Å². The lowest BCUT2D eigenvalue weighted by Crippen LogP contribution is -2.34. The summed E-state index contributed by atoms with van der Waals surface area (Å²) < 4.78 is 10.8. The Balaban J connectivity index is 1.27. The van der Waals surface area contributed by atoms with E-state index in [1.165, 1.54) is 0 Å². The Morgan fingerprint density at radius 2 is 2.15 bits per heavy atom. The van der Waals surface area contributed by atoms with Crippen LogP contribution in [0.5, 0.6) is 11.5 Å². The Hall–Kier alpha value is -2.12. The second-order valence-corrected chi connectivity index (χ2v) is 8.21. The van der Waals surface area contributed by atoms with Gasteiger partial charge in [0.2, 0.25) is 12.7 Å². The molecule has 2 aliphatic heterocycles. The van der Waals surface area contributed by atoms with E-state index in [0.29, 0.717) is 18.3 Å². The third-order valence-electron chi connectivity index (χ3n) is 5.77. The fourth-order valence-electron chi connectivity index (χ4n) is 4.33. The van der Waals surface area contributed by atoms with E-state index < -0.39 is 0 Å². The molecule has 0 bridgehead atoms. The van der Waals surface area contributed by atoms with Gasteiger partial charge < -0.3 is 20.1 Å². The molecule has 6 nitrogen and oxygen atoms in total. The van der Waals surface area contributed by atoms with Crippen LogP contribution >= 0.6 is 11.3 Å². The smallest absolute Gasteiger partial charge is 0.231 e. The molecule has 1 saturated carbocycles. The topological polar surface area (TPSA) is 77.7 Å². The standard InChI is InChI=1S/C19H21N3O3S/c20-15-3-1-12-7-22(8-14(12)15)18(23)6-13-9-26-19(21-13)11-2-4-16-17(5-11)25-10-24-16/h2,4-5,9,12,14-15H,1,3,6-8,10,20H2. The minimum Gasteiger partial charge on any atom is -0.454 e. The molecule has 3 unspecified atom stereocenters. The average molecular weight is 371 g/mol. The fourth-order valence-corrected chi connectivity index (χ4v) is 5.14. The number of carbonyl (C=O) groups is 1. The second kappa shape index (κ2) is 6.25. The van der Waals surface area contributed by atoms with Crippen LogP contribution in [0.1, 0.15) is 18.5 Å². The molecular weight excluding hydrogens is 350 g/mol. The van der Waals surface area contributed by atoms with Crippen LogP contribution in [0.4, 0.5) is 0 Å². The Labute approximate surface area is 155 Å². The number of rotatable bonds is 3. The van der Waals surface area contributed by atoms with Gasteiger partial charge in [0.15, 0.2) is 11.5 Å². The van der Waals surface area contributed by atoms with Crippen molar-refractivity contribution in [3.63, 3.8) is 0 Å². The van der Waals surface area contributed by atoms with Gasteiger partial charge in [0, 0.05) is 30.1 Å². The molecule has 1 aliphatic carbocycles. The fraction of sp³-hybridized carbons (Fsp3) is 0.474. The van der Waals surface area contributed by atoms with Gasteiger partial charge in [0.25, 0.3) is 0 Å². The van der Waals surface area contributed by atoms with Crippen molar-refractivity contribution in [3.8, 4) is 22.1 Å². The van der Waals surface area contributed by atoms with Crippen molar-refractivity contribution in [2.75, 3.05) is 19.9 Å². The minimum absolute atomic E-state index is 0.161. The molecule has 2 fully saturated rings. The van der Waals surface area contributed by atoms with Crippen LogP contribution in [0.15, 0.2) is 23.6 Å². The molecule has 3 atom stereocenters. The molecule has 1 amide bonds. The maximum Gasteiger partial charge on any atom is 0.231 e. The number of nitrogens with zero attached hydrogens (tertiary/aromatic N) is 2. The zero-order valence-corrected chi connectivity index (χ0v) is 15.2. The number of likely N-dealkylation sites (tertiary alicyclic amines) is 1. The lowest BCUT2D eigenvalue weighted by Gasteiger charge is -2.18. The number of benzene rings is 1. The summed E-state index contributed by atoms with van der Waals surface area (Å²) >= 11 is 1.55. The van der Waals surface area contributed by atoms with E-state index in [1.54, 1.807) is 11.3 Å². The number of aromatic nitrogens is 1. The quantitative estimate of drug-likeness (QED) is 0.896. The van der Waals surface area contributed by atoms with Crippen LogP contribution in [-0.2, 0) is 11.2 Å². The van der Waals surface area contributed by atoms with Gasteiger partial charge in [0.1, 0.15) is 5.01 Å². The molecule has 3 heterocycles. The lowest BCUT2D eigenvalue weighted by atomic mass is 9.98. The van der Waals surface area contributed by atoms with Crippen LogP contribution in [0, 0.1) is 11.8 Å². The summed E-state index contributed by atoms with van der Waals surface area (Å²) in [5.41, 5.74) is 7.99. The van der Waals surface area contributed by atoms with Crippen LogP contribution < -0.4 is 15.2 Å². The molecule has 1 saturated heterocycles. The van der Waals surface area contributed by atoms with E-state index in [9.17, 15) is 4.79 Å². The number of thiazole rings is 1. The van der Waals surface area contributed by atoms with Gasteiger partial charge in [-0.3, -0.25) is 4.79 Å². The zero-order chi connectivity index (χ0) is 17.7. The number of fused-ring (bicyclic) bond motifs is 2. The molecule has 26 heavy (non-hydrogen) atoms. The minimum atomic E-state index is 0.161. The van der Waals surface area contributed by atoms with Crippen molar-refractivity contribution >= 4 is 17.2 Å². The average Bonchev–Trinajstić information content (AvgIpc) is 3.39. The lowest BCUT2D eigenvalue weighted by molar-refractivity contribution is -0.129. The molecule has 1 aromatic heterocycles. The predicted molar refractivity (Wildman–Crippen MR) is 98.1 cm³/mol. The Morgan fingerprint density at radius 1 is 1.27 bits per heavy atom. The summed E-state index contributed by atoms with van der Waals surface area (Å²) in [6.45, 7) is 1.93. The first kappa shape index (κ1) is 16.1. The molecule has 0 spiro atoms. The molecule has 2 aromatic rings. The highest BCUT2D eigenvalue weighted by molar-refractivity contribution is 7.13. The van der Waals surface area contributed by atoms with E-state index in [4.69, 9.17) is 15.2 Å². The van der Waals surface area contributed by atoms with E-state index in [0.717, 1.165) is 53.7 Å². The Morgan fingerprint density at radius 3 is 3.04 bits per heavy atom. The maximum absolute atomic E-state index is 12.7. The monoisotopic (exact) mass is 371 g/mol. The largest absolute Gasteiger partial charge is 0.454 e. The summed E-state index contributed by atoms with van der Waals surface area (Å²) in [4.78, 5) is 19.3. The molecule has 5 rings (SSSR count). The van der Waals surface area contributed by atoms with E-state index >= 15 is 0 Å². The van der Waals surface area contributed by atoms with Crippen molar-refractivity contribution in [1.82, 2.24) is 9.88 Å². The predicted octanol–water partition coefficient (Wildman–Crippen LogP) is 2.28. The van der Waals surface area contributed by atoms with Crippen molar-refractivity contribution < 1.29 is 14.3 Å².